The molecule has 2 rings (SSSR count). The van der Waals surface area contributed by atoms with Crippen molar-refractivity contribution in [1.29, 1.82) is 0 Å². The van der Waals surface area contributed by atoms with Gasteiger partial charge in [-0.15, -0.1) is 0 Å². The summed E-state index contributed by atoms with van der Waals surface area (Å²) in [6.45, 7) is 0. The first-order valence-electron chi connectivity index (χ1n) is 4.39. The molecular formula is C10H9BrFN3. The fourth-order valence-corrected chi connectivity index (χ4v) is 1.86. The number of nitrogens with zero attached hydrogens (tertiary/aromatic N) is 1. The van der Waals surface area contributed by atoms with Gasteiger partial charge in [-0.2, -0.15) is 5.10 Å². The Bertz CT molecular complexity index is 481. The van der Waals surface area contributed by atoms with E-state index in [1.54, 1.807) is 13.1 Å². The fraction of sp³-hybridized carbons (Fsp3) is 0.100. The van der Waals surface area contributed by atoms with Gasteiger partial charge in [-0.05, 0) is 34.1 Å². The molecule has 0 fully saturated rings. The summed E-state index contributed by atoms with van der Waals surface area (Å²) in [6.07, 6.45) is 0. The number of rotatable bonds is 2. The van der Waals surface area contributed by atoms with Gasteiger partial charge in [0.2, 0.25) is 0 Å². The van der Waals surface area contributed by atoms with Crippen molar-refractivity contribution < 1.29 is 4.39 Å². The van der Waals surface area contributed by atoms with Crippen molar-refractivity contribution in [2.24, 2.45) is 0 Å². The Balaban J connectivity index is 2.44. The highest BCUT2D eigenvalue weighted by Gasteiger charge is 2.07. The molecule has 1 heterocycles. The number of anilines is 1. The Kier molecular flexibility index (Phi) is 2.73. The molecule has 0 unspecified atom stereocenters. The summed E-state index contributed by atoms with van der Waals surface area (Å²) in [7, 11) is 1.79. The monoisotopic (exact) mass is 269 g/mol. The summed E-state index contributed by atoms with van der Waals surface area (Å²) in [5.74, 6) is 0.486. The highest BCUT2D eigenvalue weighted by atomic mass is 79.9. The molecule has 0 saturated heterocycles. The number of hydrogen-bond donors (Lipinski definition) is 2. The molecule has 0 aliphatic rings. The maximum atomic E-state index is 12.9. The van der Waals surface area contributed by atoms with Gasteiger partial charge in [-0.1, -0.05) is 0 Å². The summed E-state index contributed by atoms with van der Waals surface area (Å²) in [5, 5.41) is 9.81. The molecule has 0 bridgehead atoms. The van der Waals surface area contributed by atoms with E-state index in [0.29, 0.717) is 4.47 Å². The molecule has 78 valence electrons. The molecule has 1 aromatic carbocycles. The first kappa shape index (κ1) is 10.2. The van der Waals surface area contributed by atoms with Gasteiger partial charge in [-0.25, -0.2) is 4.39 Å². The minimum atomic E-state index is -0.265. The molecule has 1 aromatic heterocycles. The summed E-state index contributed by atoms with van der Waals surface area (Å²) >= 11 is 3.31. The predicted octanol–water partition coefficient (Wildman–Crippen LogP) is 3.02. The number of hydrogen-bond acceptors (Lipinski definition) is 2. The van der Waals surface area contributed by atoms with Gasteiger partial charge < -0.3 is 5.32 Å². The summed E-state index contributed by atoms with van der Waals surface area (Å²) in [6, 6.07) is 6.40. The average molecular weight is 270 g/mol. The first-order chi connectivity index (χ1) is 7.20. The van der Waals surface area contributed by atoms with Crippen LogP contribution in [0.4, 0.5) is 10.2 Å². The molecule has 15 heavy (non-hydrogen) atoms. The SMILES string of the molecule is CNc1cc(-c2ccc(F)cc2Br)[nH]n1. The van der Waals surface area contributed by atoms with E-state index in [2.05, 4.69) is 31.4 Å². The first-order valence-corrected chi connectivity index (χ1v) is 5.18. The minimum Gasteiger partial charge on any atom is -0.372 e. The zero-order valence-electron chi connectivity index (χ0n) is 8.01. The van der Waals surface area contributed by atoms with E-state index in [4.69, 9.17) is 0 Å². The van der Waals surface area contributed by atoms with Crippen molar-refractivity contribution >= 4 is 21.7 Å². The Morgan fingerprint density at radius 1 is 1.40 bits per heavy atom. The van der Waals surface area contributed by atoms with Crippen LogP contribution in [0.25, 0.3) is 11.3 Å². The molecule has 5 heteroatoms. The lowest BCUT2D eigenvalue weighted by molar-refractivity contribution is 0.627. The van der Waals surface area contributed by atoms with E-state index < -0.39 is 0 Å². The summed E-state index contributed by atoms with van der Waals surface area (Å²) in [5.41, 5.74) is 1.72. The number of nitrogens with one attached hydrogen (secondary N) is 2. The van der Waals surface area contributed by atoms with Gasteiger partial charge in [0.05, 0.1) is 5.69 Å². The lowest BCUT2D eigenvalue weighted by Crippen LogP contribution is -1.85. The summed E-state index contributed by atoms with van der Waals surface area (Å²) < 4.78 is 13.6. The largest absolute Gasteiger partial charge is 0.372 e. The lowest BCUT2D eigenvalue weighted by atomic mass is 10.1. The van der Waals surface area contributed by atoms with Crippen molar-refractivity contribution in [2.45, 2.75) is 0 Å². The maximum absolute atomic E-state index is 12.9. The molecule has 0 spiro atoms. The Hall–Kier alpha value is -1.36. The van der Waals surface area contributed by atoms with Crippen LogP contribution < -0.4 is 5.32 Å². The number of H-pyrrole nitrogens is 1. The molecule has 2 aromatic rings. The van der Waals surface area contributed by atoms with Crippen LogP contribution in [0.15, 0.2) is 28.7 Å². The number of aromatic amines is 1. The Morgan fingerprint density at radius 2 is 2.20 bits per heavy atom. The average Bonchev–Trinajstić information content (AvgIpc) is 2.66. The third-order valence-corrected chi connectivity index (χ3v) is 2.71. The lowest BCUT2D eigenvalue weighted by Gasteiger charge is -2.00. The molecular weight excluding hydrogens is 261 g/mol. The molecule has 3 nitrogen and oxygen atoms in total. The van der Waals surface area contributed by atoms with Crippen LogP contribution in [0, 0.1) is 5.82 Å². The van der Waals surface area contributed by atoms with E-state index in [1.165, 1.54) is 12.1 Å². The van der Waals surface area contributed by atoms with Gasteiger partial charge in [0.25, 0.3) is 0 Å². The normalized spacial score (nSPS) is 10.3. The Morgan fingerprint density at radius 3 is 2.80 bits per heavy atom. The third kappa shape index (κ3) is 2.02. The maximum Gasteiger partial charge on any atom is 0.148 e. The third-order valence-electron chi connectivity index (χ3n) is 2.06. The molecule has 0 amide bonds. The second-order valence-electron chi connectivity index (χ2n) is 3.04. The molecule has 0 saturated carbocycles. The molecule has 2 N–H and O–H groups in total. The van der Waals surface area contributed by atoms with Crippen molar-refractivity contribution in [2.75, 3.05) is 12.4 Å². The molecule has 0 radical (unpaired) electrons. The molecule has 0 aliphatic heterocycles. The minimum absolute atomic E-state index is 0.265. The second-order valence-corrected chi connectivity index (χ2v) is 3.90. The summed E-state index contributed by atoms with van der Waals surface area (Å²) in [4.78, 5) is 0. The number of aromatic nitrogens is 2. The van der Waals surface area contributed by atoms with E-state index in [9.17, 15) is 4.39 Å². The van der Waals surface area contributed by atoms with Crippen LogP contribution in [0.2, 0.25) is 0 Å². The number of benzene rings is 1. The second kappa shape index (κ2) is 4.02. The number of halogens is 2. The van der Waals surface area contributed by atoms with Crippen LogP contribution in [0.3, 0.4) is 0 Å². The standard InChI is InChI=1S/C10H9BrFN3/c1-13-10-5-9(14-15-10)7-3-2-6(12)4-8(7)11/h2-5H,1H3,(H2,13,14,15). The smallest absolute Gasteiger partial charge is 0.148 e. The van der Waals surface area contributed by atoms with E-state index in [0.717, 1.165) is 17.1 Å². The van der Waals surface area contributed by atoms with Crippen LogP contribution in [0.5, 0.6) is 0 Å². The van der Waals surface area contributed by atoms with E-state index >= 15 is 0 Å². The van der Waals surface area contributed by atoms with Crippen LogP contribution in [-0.2, 0) is 0 Å². The van der Waals surface area contributed by atoms with Crippen molar-refractivity contribution in [3.05, 3.63) is 34.6 Å². The zero-order chi connectivity index (χ0) is 10.8. The van der Waals surface area contributed by atoms with Gasteiger partial charge in [0.1, 0.15) is 11.6 Å². The van der Waals surface area contributed by atoms with E-state index in [-0.39, 0.29) is 5.82 Å². The zero-order valence-corrected chi connectivity index (χ0v) is 9.60. The predicted molar refractivity (Wildman–Crippen MR) is 61.2 cm³/mol. The van der Waals surface area contributed by atoms with Gasteiger partial charge >= 0.3 is 0 Å². The molecule has 0 aliphatic carbocycles. The van der Waals surface area contributed by atoms with Crippen LogP contribution in [0.1, 0.15) is 0 Å². The van der Waals surface area contributed by atoms with Crippen molar-refractivity contribution in [3.63, 3.8) is 0 Å². The van der Waals surface area contributed by atoms with Crippen molar-refractivity contribution in [3.8, 4) is 11.3 Å². The Labute approximate surface area is 94.8 Å². The quantitative estimate of drug-likeness (QED) is 0.880. The van der Waals surface area contributed by atoms with Crippen LogP contribution >= 0.6 is 15.9 Å². The van der Waals surface area contributed by atoms with Crippen molar-refractivity contribution in [1.82, 2.24) is 10.2 Å². The topological polar surface area (TPSA) is 40.7 Å². The van der Waals surface area contributed by atoms with Gasteiger partial charge in [0.15, 0.2) is 0 Å². The van der Waals surface area contributed by atoms with Crippen LogP contribution in [-0.4, -0.2) is 17.2 Å². The van der Waals surface area contributed by atoms with Gasteiger partial charge in [-0.3, -0.25) is 5.10 Å². The fourth-order valence-electron chi connectivity index (χ4n) is 1.30. The highest BCUT2D eigenvalue weighted by molar-refractivity contribution is 9.10. The molecule has 0 atom stereocenters. The van der Waals surface area contributed by atoms with E-state index in [1.807, 2.05) is 6.07 Å². The van der Waals surface area contributed by atoms with Gasteiger partial charge in [0, 0.05) is 23.2 Å². The highest BCUT2D eigenvalue weighted by Crippen LogP contribution is 2.28.